The van der Waals surface area contributed by atoms with Crippen molar-refractivity contribution in [3.05, 3.63) is 29.8 Å². The summed E-state index contributed by atoms with van der Waals surface area (Å²) in [5.74, 6) is 0.902. The first-order valence-electron chi connectivity index (χ1n) is 6.39. The van der Waals surface area contributed by atoms with Crippen LogP contribution in [0.25, 0.3) is 0 Å². The van der Waals surface area contributed by atoms with E-state index in [1.807, 2.05) is 38.1 Å². The summed E-state index contributed by atoms with van der Waals surface area (Å²) in [6.45, 7) is 6.36. The van der Waals surface area contributed by atoms with Crippen LogP contribution in [-0.4, -0.2) is 32.1 Å². The average molecular weight is 250 g/mol. The van der Waals surface area contributed by atoms with Gasteiger partial charge in [0.25, 0.3) is 0 Å². The van der Waals surface area contributed by atoms with Crippen LogP contribution in [0.15, 0.2) is 24.3 Å². The quantitative estimate of drug-likeness (QED) is 0.687. The van der Waals surface area contributed by atoms with Gasteiger partial charge in [0.05, 0.1) is 6.54 Å². The molecule has 100 valence electrons. The van der Waals surface area contributed by atoms with E-state index in [9.17, 15) is 4.79 Å². The van der Waals surface area contributed by atoms with E-state index in [2.05, 4.69) is 10.6 Å². The van der Waals surface area contributed by atoms with Crippen LogP contribution in [0.1, 0.15) is 18.9 Å². The maximum Gasteiger partial charge on any atom is 0.233 e. The van der Waals surface area contributed by atoms with Crippen molar-refractivity contribution in [2.75, 3.05) is 26.2 Å². The highest BCUT2D eigenvalue weighted by Gasteiger charge is 1.98. The minimum atomic E-state index is 0.0346. The van der Waals surface area contributed by atoms with E-state index in [0.717, 1.165) is 18.7 Å². The summed E-state index contributed by atoms with van der Waals surface area (Å²) in [7, 11) is 0. The van der Waals surface area contributed by atoms with Crippen LogP contribution in [0.3, 0.4) is 0 Å². The largest absolute Gasteiger partial charge is 0.492 e. The van der Waals surface area contributed by atoms with Crippen LogP contribution < -0.4 is 15.4 Å². The molecule has 0 aliphatic rings. The van der Waals surface area contributed by atoms with Gasteiger partial charge in [-0.05, 0) is 31.0 Å². The molecule has 0 bridgehead atoms. The number of benzene rings is 1. The molecule has 0 saturated heterocycles. The molecule has 0 unspecified atom stereocenters. The molecule has 2 N–H and O–H groups in total. The lowest BCUT2D eigenvalue weighted by molar-refractivity contribution is -0.120. The molecule has 1 aromatic carbocycles. The summed E-state index contributed by atoms with van der Waals surface area (Å²) in [5, 5.41) is 5.85. The lowest BCUT2D eigenvalue weighted by Crippen LogP contribution is -2.35. The zero-order valence-corrected chi connectivity index (χ0v) is 11.2. The summed E-state index contributed by atoms with van der Waals surface area (Å²) in [4.78, 5) is 11.3. The Hall–Kier alpha value is -1.55. The van der Waals surface area contributed by atoms with Gasteiger partial charge in [0, 0.05) is 13.1 Å². The first-order valence-corrected chi connectivity index (χ1v) is 6.39. The SMILES string of the molecule is CCCNC(=O)CNCCOc1cccc(C)c1. The summed E-state index contributed by atoms with van der Waals surface area (Å²) >= 11 is 0. The number of amides is 1. The smallest absolute Gasteiger partial charge is 0.233 e. The highest BCUT2D eigenvalue weighted by Crippen LogP contribution is 2.11. The van der Waals surface area contributed by atoms with Crippen LogP contribution in [-0.2, 0) is 4.79 Å². The average Bonchev–Trinajstić information content (AvgIpc) is 2.36. The Labute approximate surface area is 109 Å². The molecule has 0 radical (unpaired) electrons. The number of carbonyl (C=O) groups excluding carboxylic acids is 1. The minimum Gasteiger partial charge on any atom is -0.492 e. The lowest BCUT2D eigenvalue weighted by atomic mass is 10.2. The molecule has 0 aliphatic heterocycles. The van der Waals surface area contributed by atoms with E-state index in [1.165, 1.54) is 5.56 Å². The third-order valence-electron chi connectivity index (χ3n) is 2.39. The second kappa shape index (κ2) is 8.53. The summed E-state index contributed by atoms with van der Waals surface area (Å²) in [5.41, 5.74) is 1.18. The van der Waals surface area contributed by atoms with Crippen LogP contribution >= 0.6 is 0 Å². The molecule has 1 amide bonds. The third-order valence-corrected chi connectivity index (χ3v) is 2.39. The molecule has 0 spiro atoms. The molecule has 0 heterocycles. The number of ether oxygens (including phenoxy) is 1. The number of hydrogen-bond donors (Lipinski definition) is 2. The van der Waals surface area contributed by atoms with Gasteiger partial charge in [-0.3, -0.25) is 4.79 Å². The number of carbonyl (C=O) groups is 1. The van der Waals surface area contributed by atoms with Gasteiger partial charge < -0.3 is 15.4 Å². The van der Waals surface area contributed by atoms with Gasteiger partial charge in [-0.1, -0.05) is 19.1 Å². The van der Waals surface area contributed by atoms with E-state index in [-0.39, 0.29) is 5.91 Å². The van der Waals surface area contributed by atoms with Crippen LogP contribution in [0.5, 0.6) is 5.75 Å². The molecule has 4 heteroatoms. The monoisotopic (exact) mass is 250 g/mol. The predicted molar refractivity (Wildman–Crippen MR) is 72.8 cm³/mol. The Morgan fingerprint density at radius 3 is 2.89 bits per heavy atom. The second-order valence-electron chi connectivity index (χ2n) is 4.19. The van der Waals surface area contributed by atoms with E-state index in [0.29, 0.717) is 19.7 Å². The van der Waals surface area contributed by atoms with Crippen molar-refractivity contribution < 1.29 is 9.53 Å². The Bertz CT molecular complexity index is 367. The summed E-state index contributed by atoms with van der Waals surface area (Å²) in [6, 6.07) is 7.92. The molecule has 0 saturated carbocycles. The zero-order valence-electron chi connectivity index (χ0n) is 11.2. The fourth-order valence-corrected chi connectivity index (χ4v) is 1.48. The normalized spacial score (nSPS) is 10.1. The maximum atomic E-state index is 11.3. The van der Waals surface area contributed by atoms with Gasteiger partial charge in [-0.25, -0.2) is 0 Å². The predicted octanol–water partition coefficient (Wildman–Crippen LogP) is 1.49. The minimum absolute atomic E-state index is 0.0346. The second-order valence-corrected chi connectivity index (χ2v) is 4.19. The van der Waals surface area contributed by atoms with E-state index in [1.54, 1.807) is 0 Å². The Kier molecular flexibility index (Phi) is 6.87. The maximum absolute atomic E-state index is 11.3. The molecule has 0 aliphatic carbocycles. The van der Waals surface area contributed by atoms with Crippen molar-refractivity contribution in [2.24, 2.45) is 0 Å². The molecular formula is C14H22N2O2. The zero-order chi connectivity index (χ0) is 13.2. The Morgan fingerprint density at radius 2 is 2.17 bits per heavy atom. The fourth-order valence-electron chi connectivity index (χ4n) is 1.48. The van der Waals surface area contributed by atoms with Gasteiger partial charge in [0.2, 0.25) is 5.91 Å². The van der Waals surface area contributed by atoms with Gasteiger partial charge >= 0.3 is 0 Å². The molecule has 1 rings (SSSR count). The van der Waals surface area contributed by atoms with Crippen molar-refractivity contribution in [3.63, 3.8) is 0 Å². The van der Waals surface area contributed by atoms with E-state index in [4.69, 9.17) is 4.74 Å². The van der Waals surface area contributed by atoms with Crippen LogP contribution in [0, 0.1) is 6.92 Å². The Morgan fingerprint density at radius 1 is 1.33 bits per heavy atom. The summed E-state index contributed by atoms with van der Waals surface area (Å²) < 4.78 is 5.56. The number of rotatable bonds is 8. The number of nitrogens with one attached hydrogen (secondary N) is 2. The molecule has 4 nitrogen and oxygen atoms in total. The first kappa shape index (κ1) is 14.5. The number of aryl methyl sites for hydroxylation is 1. The van der Waals surface area contributed by atoms with Crippen LogP contribution in [0.4, 0.5) is 0 Å². The van der Waals surface area contributed by atoms with Gasteiger partial charge in [0.1, 0.15) is 12.4 Å². The van der Waals surface area contributed by atoms with E-state index >= 15 is 0 Å². The van der Waals surface area contributed by atoms with E-state index < -0.39 is 0 Å². The van der Waals surface area contributed by atoms with Crippen molar-refractivity contribution in [2.45, 2.75) is 20.3 Å². The topological polar surface area (TPSA) is 50.4 Å². The molecule has 0 atom stereocenters. The first-order chi connectivity index (χ1) is 8.72. The van der Waals surface area contributed by atoms with Gasteiger partial charge in [-0.2, -0.15) is 0 Å². The van der Waals surface area contributed by atoms with Gasteiger partial charge in [0.15, 0.2) is 0 Å². The van der Waals surface area contributed by atoms with Crippen molar-refractivity contribution in [3.8, 4) is 5.75 Å². The standard InChI is InChI=1S/C14H22N2O2/c1-3-7-16-14(17)11-15-8-9-18-13-6-4-5-12(2)10-13/h4-6,10,15H,3,7-9,11H2,1-2H3,(H,16,17). The molecule has 0 fully saturated rings. The molecule has 18 heavy (non-hydrogen) atoms. The van der Waals surface area contributed by atoms with Crippen molar-refractivity contribution in [1.29, 1.82) is 0 Å². The van der Waals surface area contributed by atoms with Gasteiger partial charge in [-0.15, -0.1) is 0 Å². The fraction of sp³-hybridized carbons (Fsp3) is 0.500. The lowest BCUT2D eigenvalue weighted by Gasteiger charge is -2.08. The van der Waals surface area contributed by atoms with Crippen LogP contribution in [0.2, 0.25) is 0 Å². The van der Waals surface area contributed by atoms with Crippen molar-refractivity contribution >= 4 is 5.91 Å². The molecule has 1 aromatic rings. The Balaban J connectivity index is 2.07. The third kappa shape index (κ3) is 6.25. The summed E-state index contributed by atoms with van der Waals surface area (Å²) in [6.07, 6.45) is 0.961. The highest BCUT2D eigenvalue weighted by molar-refractivity contribution is 5.77. The number of hydrogen-bond acceptors (Lipinski definition) is 3. The molecule has 0 aromatic heterocycles. The highest BCUT2D eigenvalue weighted by atomic mass is 16.5. The van der Waals surface area contributed by atoms with Crippen molar-refractivity contribution in [1.82, 2.24) is 10.6 Å². The molecular weight excluding hydrogens is 228 g/mol.